The Hall–Kier alpha value is -0.750. The SMILES string of the molecule is COC(=O)C(CN)NCC(F)F. The number of ether oxygens (including phenoxy) is 1. The molecule has 0 rings (SSSR count). The van der Waals surface area contributed by atoms with E-state index < -0.39 is 25.0 Å². The predicted molar refractivity (Wildman–Crippen MR) is 38.9 cm³/mol. The first-order valence-electron chi connectivity index (χ1n) is 3.41. The lowest BCUT2D eigenvalue weighted by atomic mass is 10.3. The van der Waals surface area contributed by atoms with Gasteiger partial charge < -0.3 is 10.5 Å². The molecule has 0 spiro atoms. The van der Waals surface area contributed by atoms with E-state index in [0.717, 1.165) is 0 Å². The van der Waals surface area contributed by atoms with Crippen LogP contribution in [-0.4, -0.2) is 38.6 Å². The second-order valence-electron chi connectivity index (χ2n) is 2.11. The van der Waals surface area contributed by atoms with Gasteiger partial charge in [0.15, 0.2) is 0 Å². The number of nitrogens with one attached hydrogen (secondary N) is 1. The number of rotatable bonds is 5. The summed E-state index contributed by atoms with van der Waals surface area (Å²) in [4.78, 5) is 10.7. The zero-order valence-corrected chi connectivity index (χ0v) is 6.72. The summed E-state index contributed by atoms with van der Waals surface area (Å²) < 4.78 is 27.6. The van der Waals surface area contributed by atoms with Gasteiger partial charge in [0.2, 0.25) is 0 Å². The van der Waals surface area contributed by atoms with Crippen molar-refractivity contribution in [1.82, 2.24) is 5.32 Å². The molecule has 0 bridgehead atoms. The van der Waals surface area contributed by atoms with Gasteiger partial charge in [0.25, 0.3) is 6.43 Å². The van der Waals surface area contributed by atoms with Crippen LogP contribution in [-0.2, 0) is 9.53 Å². The molecule has 0 saturated carbocycles. The largest absolute Gasteiger partial charge is 0.468 e. The Bertz CT molecular complexity index is 144. The van der Waals surface area contributed by atoms with Gasteiger partial charge in [-0.05, 0) is 0 Å². The van der Waals surface area contributed by atoms with Gasteiger partial charge in [0.05, 0.1) is 13.7 Å². The third-order valence-corrected chi connectivity index (χ3v) is 1.24. The van der Waals surface area contributed by atoms with Crippen LogP contribution in [0.25, 0.3) is 0 Å². The minimum atomic E-state index is -2.50. The Balaban J connectivity index is 3.75. The average Bonchev–Trinajstić information content (AvgIpc) is 2.04. The van der Waals surface area contributed by atoms with E-state index in [1.54, 1.807) is 0 Å². The molecule has 0 amide bonds. The average molecular weight is 182 g/mol. The summed E-state index contributed by atoms with van der Waals surface area (Å²) >= 11 is 0. The lowest BCUT2D eigenvalue weighted by Gasteiger charge is -2.13. The highest BCUT2D eigenvalue weighted by atomic mass is 19.3. The monoisotopic (exact) mass is 182 g/mol. The van der Waals surface area contributed by atoms with Crippen LogP contribution in [0.15, 0.2) is 0 Å². The quantitative estimate of drug-likeness (QED) is 0.554. The Morgan fingerprint density at radius 2 is 2.25 bits per heavy atom. The summed E-state index contributed by atoms with van der Waals surface area (Å²) in [6.45, 7) is -0.615. The molecule has 0 aliphatic carbocycles. The Morgan fingerprint density at radius 1 is 1.67 bits per heavy atom. The number of alkyl halides is 2. The van der Waals surface area contributed by atoms with Crippen LogP contribution in [0.3, 0.4) is 0 Å². The Kier molecular flexibility index (Phi) is 5.48. The van der Waals surface area contributed by atoms with E-state index in [4.69, 9.17) is 5.73 Å². The molecule has 0 aromatic rings. The molecule has 0 aliphatic rings. The maximum atomic E-state index is 11.6. The van der Waals surface area contributed by atoms with Gasteiger partial charge in [-0.15, -0.1) is 0 Å². The van der Waals surface area contributed by atoms with Crippen LogP contribution in [0.1, 0.15) is 0 Å². The number of methoxy groups -OCH3 is 1. The molecule has 0 aromatic heterocycles. The molecule has 0 aromatic carbocycles. The van der Waals surface area contributed by atoms with Gasteiger partial charge >= 0.3 is 5.97 Å². The standard InChI is InChI=1S/C6H12F2N2O2/c1-12-6(11)4(2-9)10-3-5(7)8/h4-5,10H,2-3,9H2,1H3. The first-order chi connectivity index (χ1) is 5.61. The number of nitrogens with two attached hydrogens (primary N) is 1. The van der Waals surface area contributed by atoms with Crippen molar-refractivity contribution >= 4 is 5.97 Å². The number of halogens is 2. The molecule has 1 unspecified atom stereocenters. The van der Waals surface area contributed by atoms with Crippen molar-refractivity contribution in [2.75, 3.05) is 20.2 Å². The highest BCUT2D eigenvalue weighted by Gasteiger charge is 2.17. The predicted octanol–water partition coefficient (Wildman–Crippen LogP) is -0.659. The highest BCUT2D eigenvalue weighted by Crippen LogP contribution is 1.91. The van der Waals surface area contributed by atoms with Crippen molar-refractivity contribution < 1.29 is 18.3 Å². The molecular formula is C6H12F2N2O2. The van der Waals surface area contributed by atoms with Crippen molar-refractivity contribution in [3.8, 4) is 0 Å². The van der Waals surface area contributed by atoms with E-state index >= 15 is 0 Å². The molecule has 0 fully saturated rings. The molecule has 0 saturated heterocycles. The van der Waals surface area contributed by atoms with Gasteiger partial charge in [0, 0.05) is 6.54 Å². The first kappa shape index (κ1) is 11.2. The molecule has 12 heavy (non-hydrogen) atoms. The van der Waals surface area contributed by atoms with Crippen molar-refractivity contribution in [1.29, 1.82) is 0 Å². The molecule has 0 aliphatic heterocycles. The van der Waals surface area contributed by atoms with Crippen molar-refractivity contribution in [2.45, 2.75) is 12.5 Å². The number of hydrogen-bond acceptors (Lipinski definition) is 4. The maximum Gasteiger partial charge on any atom is 0.324 e. The smallest absolute Gasteiger partial charge is 0.324 e. The van der Waals surface area contributed by atoms with E-state index in [1.807, 2.05) is 0 Å². The summed E-state index contributed by atoms with van der Waals surface area (Å²) in [6, 6.07) is -0.844. The van der Waals surface area contributed by atoms with E-state index in [1.165, 1.54) is 7.11 Å². The van der Waals surface area contributed by atoms with Gasteiger partial charge in [-0.3, -0.25) is 10.1 Å². The van der Waals surface area contributed by atoms with Crippen molar-refractivity contribution in [2.24, 2.45) is 5.73 Å². The van der Waals surface area contributed by atoms with Gasteiger partial charge in [-0.2, -0.15) is 0 Å². The minimum Gasteiger partial charge on any atom is -0.468 e. The van der Waals surface area contributed by atoms with Crippen LogP contribution >= 0.6 is 0 Å². The number of hydrogen-bond donors (Lipinski definition) is 2. The molecule has 72 valence electrons. The molecular weight excluding hydrogens is 170 g/mol. The molecule has 1 atom stereocenters. The van der Waals surface area contributed by atoms with Crippen molar-refractivity contribution in [3.63, 3.8) is 0 Å². The van der Waals surface area contributed by atoms with Crippen LogP contribution in [0.2, 0.25) is 0 Å². The van der Waals surface area contributed by atoms with Crippen molar-refractivity contribution in [3.05, 3.63) is 0 Å². The second-order valence-corrected chi connectivity index (χ2v) is 2.11. The van der Waals surface area contributed by atoms with E-state index in [9.17, 15) is 13.6 Å². The molecule has 0 radical (unpaired) electrons. The number of carbonyl (C=O) groups is 1. The van der Waals surface area contributed by atoms with Crippen LogP contribution in [0.4, 0.5) is 8.78 Å². The zero-order valence-electron chi connectivity index (χ0n) is 6.72. The lowest BCUT2D eigenvalue weighted by Crippen LogP contribution is -2.45. The van der Waals surface area contributed by atoms with Crippen LogP contribution < -0.4 is 11.1 Å². The number of esters is 1. The fourth-order valence-corrected chi connectivity index (χ4v) is 0.636. The molecule has 0 heterocycles. The molecule has 3 N–H and O–H groups in total. The summed E-state index contributed by atoms with van der Waals surface area (Å²) in [5, 5.41) is 2.27. The molecule has 4 nitrogen and oxygen atoms in total. The number of carbonyl (C=O) groups excluding carboxylic acids is 1. The van der Waals surface area contributed by atoms with Crippen LogP contribution in [0, 0.1) is 0 Å². The third kappa shape index (κ3) is 4.20. The summed E-state index contributed by atoms with van der Waals surface area (Å²) in [6.07, 6.45) is -2.50. The van der Waals surface area contributed by atoms with Crippen LogP contribution in [0.5, 0.6) is 0 Å². The fourth-order valence-electron chi connectivity index (χ4n) is 0.636. The normalized spacial score (nSPS) is 13.1. The maximum absolute atomic E-state index is 11.6. The first-order valence-corrected chi connectivity index (χ1v) is 3.41. The minimum absolute atomic E-state index is 0.0562. The molecule has 6 heteroatoms. The lowest BCUT2D eigenvalue weighted by molar-refractivity contribution is -0.142. The highest BCUT2D eigenvalue weighted by molar-refractivity contribution is 5.75. The van der Waals surface area contributed by atoms with Gasteiger partial charge in [0.1, 0.15) is 6.04 Å². The van der Waals surface area contributed by atoms with Gasteiger partial charge in [-0.1, -0.05) is 0 Å². The second kappa shape index (κ2) is 5.84. The van der Waals surface area contributed by atoms with Gasteiger partial charge in [-0.25, -0.2) is 8.78 Å². The van der Waals surface area contributed by atoms with E-state index in [2.05, 4.69) is 10.1 Å². The summed E-state index contributed by atoms with van der Waals surface area (Å²) in [7, 11) is 1.18. The van der Waals surface area contributed by atoms with E-state index in [0.29, 0.717) is 0 Å². The Labute approximate surface area is 69.1 Å². The topological polar surface area (TPSA) is 64.3 Å². The summed E-state index contributed by atoms with van der Waals surface area (Å²) in [5.74, 6) is -0.627. The fraction of sp³-hybridized carbons (Fsp3) is 0.833. The summed E-state index contributed by atoms with van der Waals surface area (Å²) in [5.41, 5.74) is 5.13. The Morgan fingerprint density at radius 3 is 2.58 bits per heavy atom. The third-order valence-electron chi connectivity index (χ3n) is 1.24. The zero-order chi connectivity index (χ0) is 9.56. The van der Waals surface area contributed by atoms with E-state index in [-0.39, 0.29) is 6.54 Å².